The number of ether oxygens (including phenoxy) is 2. The highest BCUT2D eigenvalue weighted by atomic mass is 35.5. The lowest BCUT2D eigenvalue weighted by molar-refractivity contribution is -0.151. The Balaban J connectivity index is 1.26. The highest BCUT2D eigenvalue weighted by Crippen LogP contribution is 2.43. The number of aromatic hydroxyl groups is 1. The number of nitrogens with zero attached hydrogens (tertiary/aromatic N) is 5. The maximum absolute atomic E-state index is 16.7. The van der Waals surface area contributed by atoms with Gasteiger partial charge in [0.25, 0.3) is 0 Å². The molecule has 12 heteroatoms. The summed E-state index contributed by atoms with van der Waals surface area (Å²) >= 11 is 6.36. The van der Waals surface area contributed by atoms with Gasteiger partial charge in [-0.2, -0.15) is 9.97 Å². The minimum absolute atomic E-state index is 0.00826. The van der Waals surface area contributed by atoms with E-state index in [1.165, 1.54) is 30.5 Å². The molecule has 6 heterocycles. The van der Waals surface area contributed by atoms with E-state index in [0.717, 1.165) is 38.6 Å². The average molecular weight is 626 g/mol. The first kappa shape index (κ1) is 28.1. The van der Waals surface area contributed by atoms with Crippen molar-refractivity contribution in [2.45, 2.75) is 55.8 Å². The summed E-state index contributed by atoms with van der Waals surface area (Å²) in [7, 11) is 0. The zero-order valence-corrected chi connectivity index (χ0v) is 24.7. The summed E-state index contributed by atoms with van der Waals surface area (Å²) in [5.41, 5.74) is -0.727. The van der Waals surface area contributed by atoms with E-state index in [4.69, 9.17) is 26.1 Å². The number of aromatic nitrogens is 3. The molecular formula is C32H31ClF3N5O3. The van der Waals surface area contributed by atoms with Crippen molar-refractivity contribution in [3.63, 3.8) is 0 Å². The van der Waals surface area contributed by atoms with Crippen LogP contribution in [0.2, 0.25) is 5.02 Å². The van der Waals surface area contributed by atoms with Crippen LogP contribution in [0.1, 0.15) is 38.5 Å². The summed E-state index contributed by atoms with van der Waals surface area (Å²) < 4.78 is 57.9. The van der Waals surface area contributed by atoms with E-state index in [1.807, 2.05) is 0 Å². The van der Waals surface area contributed by atoms with Gasteiger partial charge in [0.1, 0.15) is 41.4 Å². The third-order valence-corrected chi connectivity index (χ3v) is 10.3. The molecule has 4 aliphatic rings. The largest absolute Gasteiger partial charge is 0.508 e. The van der Waals surface area contributed by atoms with E-state index in [2.05, 4.69) is 19.8 Å². The van der Waals surface area contributed by atoms with Gasteiger partial charge in [0.05, 0.1) is 28.2 Å². The van der Waals surface area contributed by atoms with Crippen molar-refractivity contribution in [1.82, 2.24) is 19.9 Å². The van der Waals surface area contributed by atoms with Crippen LogP contribution >= 0.6 is 11.6 Å². The Morgan fingerprint density at radius 2 is 1.95 bits per heavy atom. The highest BCUT2D eigenvalue weighted by molar-refractivity contribution is 6.37. The molecule has 1 N–H and O–H groups in total. The van der Waals surface area contributed by atoms with Gasteiger partial charge >= 0.3 is 6.01 Å². The van der Waals surface area contributed by atoms with Crippen LogP contribution in [-0.4, -0.2) is 81.7 Å². The molecular weight excluding hydrogens is 595 g/mol. The molecule has 0 saturated carbocycles. The SMILES string of the molecule is Oc1cc(-c2ncc3c(N4CCC[C@]5(CCO5)C4)nc(OC[C@@]45CCCN4C[C@H](F)C5)nc3c2F)c2c(Cl)c(F)ccc2c1. The van der Waals surface area contributed by atoms with Crippen molar-refractivity contribution < 1.29 is 27.8 Å². The number of alkyl halides is 1. The summed E-state index contributed by atoms with van der Waals surface area (Å²) in [6.45, 7) is 3.38. The van der Waals surface area contributed by atoms with Crippen molar-refractivity contribution in [2.75, 3.05) is 44.3 Å². The average Bonchev–Trinajstić information content (AvgIpc) is 3.52. The van der Waals surface area contributed by atoms with Crippen molar-refractivity contribution in [3.05, 3.63) is 47.1 Å². The predicted octanol–water partition coefficient (Wildman–Crippen LogP) is 6.20. The third-order valence-electron chi connectivity index (χ3n) is 9.93. The van der Waals surface area contributed by atoms with Crippen LogP contribution in [0, 0.1) is 11.6 Å². The molecule has 2 aromatic heterocycles. The van der Waals surface area contributed by atoms with Gasteiger partial charge in [-0.1, -0.05) is 17.7 Å². The Labute approximate surface area is 256 Å². The molecule has 2 aromatic carbocycles. The van der Waals surface area contributed by atoms with Gasteiger partial charge in [0, 0.05) is 49.6 Å². The lowest BCUT2D eigenvalue weighted by Gasteiger charge is -2.48. The van der Waals surface area contributed by atoms with Gasteiger partial charge in [-0.3, -0.25) is 9.88 Å². The number of piperidine rings is 1. The molecule has 4 fully saturated rings. The normalized spacial score (nSPS) is 26.9. The summed E-state index contributed by atoms with van der Waals surface area (Å²) in [6, 6.07) is 5.40. The number of rotatable bonds is 5. The highest BCUT2D eigenvalue weighted by Gasteiger charge is 2.49. The number of benzene rings is 2. The monoisotopic (exact) mass is 625 g/mol. The molecule has 4 aromatic rings. The second kappa shape index (κ2) is 10.3. The number of phenols is 1. The van der Waals surface area contributed by atoms with Gasteiger partial charge in [-0.05, 0) is 55.8 Å². The first-order valence-corrected chi connectivity index (χ1v) is 15.5. The number of phenolic OH excluding ortho intramolecular Hbond substituents is 1. The molecule has 8 rings (SSSR count). The fourth-order valence-corrected chi connectivity index (χ4v) is 8.00. The number of anilines is 1. The van der Waals surface area contributed by atoms with Crippen LogP contribution in [0.25, 0.3) is 32.9 Å². The molecule has 0 bridgehead atoms. The zero-order chi connectivity index (χ0) is 30.2. The molecule has 0 aliphatic carbocycles. The van der Waals surface area contributed by atoms with E-state index in [-0.39, 0.29) is 51.2 Å². The van der Waals surface area contributed by atoms with Crippen molar-refractivity contribution in [2.24, 2.45) is 0 Å². The fourth-order valence-electron chi connectivity index (χ4n) is 7.72. The molecule has 230 valence electrons. The minimum atomic E-state index is -0.918. The van der Waals surface area contributed by atoms with Gasteiger partial charge in [-0.25, -0.2) is 13.2 Å². The van der Waals surface area contributed by atoms with Crippen LogP contribution in [0.3, 0.4) is 0 Å². The van der Waals surface area contributed by atoms with E-state index < -0.39 is 23.3 Å². The molecule has 0 unspecified atom stereocenters. The number of halogens is 4. The summed E-state index contributed by atoms with van der Waals surface area (Å²) in [6.07, 6.45) is 5.49. The minimum Gasteiger partial charge on any atom is -0.508 e. The topological polar surface area (TPSA) is 83.8 Å². The first-order chi connectivity index (χ1) is 21.2. The van der Waals surface area contributed by atoms with E-state index in [1.54, 1.807) is 0 Å². The Bertz CT molecular complexity index is 1810. The molecule has 4 aliphatic heterocycles. The molecule has 4 saturated heterocycles. The second-order valence-corrected chi connectivity index (χ2v) is 13.0. The second-order valence-electron chi connectivity index (χ2n) is 12.6. The summed E-state index contributed by atoms with van der Waals surface area (Å²) in [5.74, 6) is -1.11. The molecule has 3 atom stereocenters. The van der Waals surface area contributed by atoms with Crippen molar-refractivity contribution >= 4 is 39.1 Å². The van der Waals surface area contributed by atoms with Crippen LogP contribution in [-0.2, 0) is 4.74 Å². The van der Waals surface area contributed by atoms with Crippen LogP contribution in [0.15, 0.2) is 30.5 Å². The number of pyridine rings is 1. The van der Waals surface area contributed by atoms with Crippen LogP contribution < -0.4 is 9.64 Å². The maximum Gasteiger partial charge on any atom is 0.319 e. The van der Waals surface area contributed by atoms with E-state index >= 15 is 4.39 Å². The third kappa shape index (κ3) is 4.46. The Kier molecular flexibility index (Phi) is 6.59. The van der Waals surface area contributed by atoms with Gasteiger partial charge in [0.15, 0.2) is 5.82 Å². The number of hydrogen-bond donors (Lipinski definition) is 1. The van der Waals surface area contributed by atoms with Crippen LogP contribution in [0.5, 0.6) is 11.8 Å². The Morgan fingerprint density at radius 3 is 2.77 bits per heavy atom. The zero-order valence-electron chi connectivity index (χ0n) is 24.0. The number of hydrogen-bond acceptors (Lipinski definition) is 8. The summed E-state index contributed by atoms with van der Waals surface area (Å²) in [4.78, 5) is 18.0. The van der Waals surface area contributed by atoms with E-state index in [9.17, 15) is 13.9 Å². The van der Waals surface area contributed by atoms with E-state index in [0.29, 0.717) is 49.3 Å². The van der Waals surface area contributed by atoms with Gasteiger partial charge < -0.3 is 19.5 Å². The summed E-state index contributed by atoms with van der Waals surface area (Å²) in [5, 5.41) is 11.3. The number of fused-ring (bicyclic) bond motifs is 3. The predicted molar refractivity (Wildman–Crippen MR) is 160 cm³/mol. The standard InChI is InChI=1S/C32H31ClF3N5O3/c33-25-23(35)4-3-18-11-20(42)12-21(24(18)25)27-26(36)28-22(14-37-27)29(40-8-2-6-32(16-40)7-10-44-32)39-30(38-28)43-17-31-5-1-9-41(31)15-19(34)13-31/h3-4,11-12,14,19,42H,1-2,5-10,13,15-17H2/t19-,31+,32+/m1/s1. The van der Waals surface area contributed by atoms with Gasteiger partial charge in [-0.15, -0.1) is 0 Å². The first-order valence-electron chi connectivity index (χ1n) is 15.1. The Hall–Kier alpha value is -3.41. The Morgan fingerprint density at radius 1 is 1.11 bits per heavy atom. The van der Waals surface area contributed by atoms with Crippen LogP contribution in [0.4, 0.5) is 19.0 Å². The van der Waals surface area contributed by atoms with Crippen molar-refractivity contribution in [3.8, 4) is 23.0 Å². The molecule has 1 spiro atoms. The maximum atomic E-state index is 16.7. The lowest BCUT2D eigenvalue weighted by atomic mass is 9.86. The molecule has 0 amide bonds. The van der Waals surface area contributed by atoms with Crippen molar-refractivity contribution in [1.29, 1.82) is 0 Å². The quantitative estimate of drug-likeness (QED) is 0.281. The smallest absolute Gasteiger partial charge is 0.319 e. The molecule has 8 nitrogen and oxygen atoms in total. The fraction of sp³-hybridized carbons (Fsp3) is 0.469. The lowest BCUT2D eigenvalue weighted by Crippen LogP contribution is -2.56. The molecule has 0 radical (unpaired) electrons. The molecule has 44 heavy (non-hydrogen) atoms. The van der Waals surface area contributed by atoms with Gasteiger partial charge in [0.2, 0.25) is 0 Å².